The van der Waals surface area contributed by atoms with E-state index in [9.17, 15) is 9.18 Å². The van der Waals surface area contributed by atoms with E-state index in [1.165, 1.54) is 48.4 Å². The third-order valence-corrected chi connectivity index (χ3v) is 6.14. The number of carbonyl (C=O) groups excluding carboxylic acids is 1. The molecule has 0 bridgehead atoms. The number of hydrogen-bond acceptors (Lipinski definition) is 6. The first kappa shape index (κ1) is 18.1. The first-order chi connectivity index (χ1) is 12.1. The number of halogens is 1. The topological polar surface area (TPSA) is 66.9 Å². The van der Waals surface area contributed by atoms with Crippen LogP contribution < -0.4 is 10.6 Å². The number of aromatic nitrogens is 2. The molecule has 2 aromatic rings. The number of carbonyl (C=O) groups is 1. The van der Waals surface area contributed by atoms with Crippen LogP contribution in [-0.2, 0) is 4.79 Å². The average molecular weight is 381 g/mol. The summed E-state index contributed by atoms with van der Waals surface area (Å²) in [5.74, 6) is -0.303. The van der Waals surface area contributed by atoms with Gasteiger partial charge in [0.15, 0.2) is 4.34 Å². The van der Waals surface area contributed by atoms with Gasteiger partial charge < -0.3 is 10.6 Å². The van der Waals surface area contributed by atoms with Crippen LogP contribution >= 0.6 is 23.1 Å². The lowest BCUT2D eigenvalue weighted by atomic mass is 9.95. The van der Waals surface area contributed by atoms with Crippen molar-refractivity contribution in [1.29, 1.82) is 0 Å². The van der Waals surface area contributed by atoms with Crippen LogP contribution in [0.5, 0.6) is 0 Å². The van der Waals surface area contributed by atoms with Crippen molar-refractivity contribution in [3.8, 4) is 0 Å². The van der Waals surface area contributed by atoms with E-state index in [0.717, 1.165) is 12.8 Å². The van der Waals surface area contributed by atoms with Gasteiger partial charge in [0, 0.05) is 6.04 Å². The van der Waals surface area contributed by atoms with Crippen LogP contribution in [0.4, 0.5) is 15.2 Å². The number of benzene rings is 1. The second-order valence-electron chi connectivity index (χ2n) is 6.08. The highest BCUT2D eigenvalue weighted by Gasteiger charge is 2.21. The van der Waals surface area contributed by atoms with Gasteiger partial charge in [-0.2, -0.15) is 0 Å². The zero-order valence-corrected chi connectivity index (χ0v) is 15.6. The number of hydrogen-bond donors (Lipinski definition) is 2. The van der Waals surface area contributed by atoms with E-state index >= 15 is 0 Å². The van der Waals surface area contributed by atoms with Crippen LogP contribution in [0, 0.1) is 5.82 Å². The fraction of sp³-hybridized carbons (Fsp3) is 0.471. The summed E-state index contributed by atoms with van der Waals surface area (Å²) >= 11 is 2.69. The Hall–Kier alpha value is -1.67. The molecule has 1 saturated carbocycles. The van der Waals surface area contributed by atoms with Crippen LogP contribution in [0.15, 0.2) is 28.6 Å². The zero-order chi connectivity index (χ0) is 17.6. The molecule has 0 spiro atoms. The lowest BCUT2D eigenvalue weighted by molar-refractivity contribution is -0.121. The molecule has 0 radical (unpaired) electrons. The molecule has 1 aromatic carbocycles. The van der Waals surface area contributed by atoms with Gasteiger partial charge in [0.05, 0.1) is 10.9 Å². The summed E-state index contributed by atoms with van der Waals surface area (Å²) in [6.45, 7) is 1.87. The van der Waals surface area contributed by atoms with E-state index in [-0.39, 0.29) is 17.0 Å². The van der Waals surface area contributed by atoms with E-state index in [4.69, 9.17) is 0 Å². The van der Waals surface area contributed by atoms with Gasteiger partial charge in [0.2, 0.25) is 11.0 Å². The number of para-hydroxylation sites is 1. The maximum atomic E-state index is 13.7. The molecular formula is C17H21FN4OS2. The van der Waals surface area contributed by atoms with Crippen molar-refractivity contribution >= 4 is 39.8 Å². The maximum absolute atomic E-state index is 13.7. The molecule has 2 N–H and O–H groups in total. The number of nitrogens with one attached hydrogen (secondary N) is 2. The van der Waals surface area contributed by atoms with Gasteiger partial charge in [0.25, 0.3) is 0 Å². The quantitative estimate of drug-likeness (QED) is 0.729. The average Bonchev–Trinajstić information content (AvgIpc) is 3.05. The highest BCUT2D eigenvalue weighted by molar-refractivity contribution is 8.02. The molecule has 1 aromatic heterocycles. The zero-order valence-electron chi connectivity index (χ0n) is 14.0. The van der Waals surface area contributed by atoms with Gasteiger partial charge in [0.1, 0.15) is 5.82 Å². The molecule has 3 rings (SSSR count). The fourth-order valence-corrected chi connectivity index (χ4v) is 4.67. The minimum absolute atomic E-state index is 0.0377. The van der Waals surface area contributed by atoms with Crippen LogP contribution in [0.1, 0.15) is 39.0 Å². The molecule has 8 heteroatoms. The van der Waals surface area contributed by atoms with E-state index in [1.807, 2.05) is 6.92 Å². The SMILES string of the molecule is CC(Sc1nnc(Nc2ccccc2F)s1)C(=O)NC1CCCCC1. The lowest BCUT2D eigenvalue weighted by Crippen LogP contribution is -2.40. The van der Waals surface area contributed by atoms with Gasteiger partial charge >= 0.3 is 0 Å². The van der Waals surface area contributed by atoms with Gasteiger partial charge in [-0.05, 0) is 31.9 Å². The Kier molecular flexibility index (Phi) is 6.25. The molecule has 1 aliphatic carbocycles. The first-order valence-electron chi connectivity index (χ1n) is 8.44. The van der Waals surface area contributed by atoms with Gasteiger partial charge in [-0.15, -0.1) is 10.2 Å². The number of anilines is 2. The molecule has 1 amide bonds. The minimum Gasteiger partial charge on any atom is -0.352 e. The van der Waals surface area contributed by atoms with Crippen molar-refractivity contribution in [2.45, 2.75) is 54.7 Å². The Morgan fingerprint density at radius 2 is 2.04 bits per heavy atom. The summed E-state index contributed by atoms with van der Waals surface area (Å²) in [6, 6.07) is 6.71. The molecular weight excluding hydrogens is 359 g/mol. The molecule has 1 heterocycles. The molecule has 134 valence electrons. The number of nitrogens with zero attached hydrogens (tertiary/aromatic N) is 2. The number of thioether (sulfide) groups is 1. The van der Waals surface area contributed by atoms with E-state index in [0.29, 0.717) is 21.2 Å². The first-order valence-corrected chi connectivity index (χ1v) is 10.1. The third-order valence-electron chi connectivity index (χ3n) is 4.12. The van der Waals surface area contributed by atoms with Crippen molar-refractivity contribution in [2.24, 2.45) is 0 Å². The van der Waals surface area contributed by atoms with E-state index < -0.39 is 0 Å². The normalized spacial score (nSPS) is 16.4. The van der Waals surface area contributed by atoms with Crippen LogP contribution in [0.2, 0.25) is 0 Å². The molecule has 1 fully saturated rings. The summed E-state index contributed by atoms with van der Waals surface area (Å²) in [5.41, 5.74) is 0.360. The Morgan fingerprint density at radius 3 is 2.80 bits per heavy atom. The third kappa shape index (κ3) is 5.15. The van der Waals surface area contributed by atoms with Crippen LogP contribution in [-0.4, -0.2) is 27.4 Å². The van der Waals surface area contributed by atoms with Crippen molar-refractivity contribution in [1.82, 2.24) is 15.5 Å². The summed E-state index contributed by atoms with van der Waals surface area (Å²) in [4.78, 5) is 12.3. The predicted molar refractivity (Wildman–Crippen MR) is 99.9 cm³/mol. The number of rotatable bonds is 6. The maximum Gasteiger partial charge on any atom is 0.233 e. The largest absolute Gasteiger partial charge is 0.352 e. The van der Waals surface area contributed by atoms with Gasteiger partial charge in [-0.1, -0.05) is 54.5 Å². The summed E-state index contributed by atoms with van der Waals surface area (Å²) in [7, 11) is 0. The standard InChI is InChI=1S/C17H21FN4OS2/c1-11(15(23)19-12-7-3-2-4-8-12)24-17-22-21-16(25-17)20-14-10-6-5-9-13(14)18/h5-6,9-12H,2-4,7-8H2,1H3,(H,19,23)(H,20,21). The van der Waals surface area contributed by atoms with Crippen molar-refractivity contribution in [3.63, 3.8) is 0 Å². The second kappa shape index (κ2) is 8.62. The minimum atomic E-state index is -0.341. The molecule has 5 nitrogen and oxygen atoms in total. The molecule has 1 atom stereocenters. The van der Waals surface area contributed by atoms with Crippen LogP contribution in [0.25, 0.3) is 0 Å². The highest BCUT2D eigenvalue weighted by Crippen LogP contribution is 2.31. The van der Waals surface area contributed by atoms with Crippen molar-refractivity contribution in [3.05, 3.63) is 30.1 Å². The number of amides is 1. The van der Waals surface area contributed by atoms with Gasteiger partial charge in [-0.3, -0.25) is 4.79 Å². The predicted octanol–water partition coefficient (Wildman–Crippen LogP) is 4.35. The highest BCUT2D eigenvalue weighted by atomic mass is 32.2. The van der Waals surface area contributed by atoms with Crippen molar-refractivity contribution < 1.29 is 9.18 Å². The fourth-order valence-electron chi connectivity index (χ4n) is 2.76. The van der Waals surface area contributed by atoms with E-state index in [1.54, 1.807) is 18.2 Å². The molecule has 0 aliphatic heterocycles. The Balaban J connectivity index is 1.53. The monoisotopic (exact) mass is 380 g/mol. The molecule has 1 unspecified atom stereocenters. The summed E-state index contributed by atoms with van der Waals surface area (Å²) < 4.78 is 14.3. The van der Waals surface area contributed by atoms with E-state index in [2.05, 4.69) is 20.8 Å². The summed E-state index contributed by atoms with van der Waals surface area (Å²) in [6.07, 6.45) is 5.78. The Bertz CT molecular complexity index is 718. The molecule has 25 heavy (non-hydrogen) atoms. The Labute approximate surface area is 154 Å². The lowest BCUT2D eigenvalue weighted by Gasteiger charge is -2.24. The molecule has 1 aliphatic rings. The van der Waals surface area contributed by atoms with Crippen LogP contribution in [0.3, 0.4) is 0 Å². The van der Waals surface area contributed by atoms with Crippen molar-refractivity contribution in [2.75, 3.05) is 5.32 Å². The second-order valence-corrected chi connectivity index (χ2v) is 8.65. The molecule has 0 saturated heterocycles. The Morgan fingerprint density at radius 1 is 1.28 bits per heavy atom. The van der Waals surface area contributed by atoms with Gasteiger partial charge in [-0.25, -0.2) is 4.39 Å². The summed E-state index contributed by atoms with van der Waals surface area (Å²) in [5, 5.41) is 14.4. The smallest absolute Gasteiger partial charge is 0.233 e.